The molecule has 2 heterocycles. The number of benzene rings is 1. The van der Waals surface area contributed by atoms with Gasteiger partial charge in [-0.05, 0) is 37.3 Å². The van der Waals surface area contributed by atoms with E-state index < -0.39 is 0 Å². The Morgan fingerprint density at radius 3 is 2.79 bits per heavy atom. The maximum atomic E-state index is 13.5. The van der Waals surface area contributed by atoms with Crippen molar-refractivity contribution in [3.63, 3.8) is 0 Å². The summed E-state index contributed by atoms with van der Waals surface area (Å²) in [5.74, 6) is 0.346. The number of halogens is 1. The Morgan fingerprint density at radius 1 is 1.21 bits per heavy atom. The highest BCUT2D eigenvalue weighted by Gasteiger charge is 2.20. The van der Waals surface area contributed by atoms with E-state index in [1.807, 2.05) is 11.0 Å². The van der Waals surface area contributed by atoms with Gasteiger partial charge in [0.15, 0.2) is 0 Å². The number of rotatable bonds is 6. The first-order valence-corrected chi connectivity index (χ1v) is 8.32. The Hall–Kier alpha value is -2.50. The van der Waals surface area contributed by atoms with Gasteiger partial charge in [0, 0.05) is 19.6 Å². The van der Waals surface area contributed by atoms with Crippen molar-refractivity contribution < 1.29 is 9.18 Å². The number of nitrogens with zero attached hydrogens (tertiary/aromatic N) is 3. The Bertz CT molecular complexity index is 701. The van der Waals surface area contributed by atoms with Crippen LogP contribution in [0, 0.1) is 5.82 Å². The number of hydrogen-bond donors (Lipinski definition) is 1. The van der Waals surface area contributed by atoms with E-state index in [0.717, 1.165) is 32.4 Å². The predicted molar refractivity (Wildman–Crippen MR) is 90.4 cm³/mol. The van der Waals surface area contributed by atoms with Crippen LogP contribution in [0.2, 0.25) is 0 Å². The molecule has 24 heavy (non-hydrogen) atoms. The van der Waals surface area contributed by atoms with Gasteiger partial charge in [-0.25, -0.2) is 9.37 Å². The molecule has 126 valence electrons. The van der Waals surface area contributed by atoms with Crippen molar-refractivity contribution in [2.24, 2.45) is 0 Å². The number of aromatic nitrogens is 2. The number of nitrogens with one attached hydrogen (secondary N) is 1. The maximum absolute atomic E-state index is 13.5. The molecule has 0 radical (unpaired) electrons. The van der Waals surface area contributed by atoms with E-state index in [4.69, 9.17) is 0 Å². The number of amides is 1. The van der Waals surface area contributed by atoms with Gasteiger partial charge in [-0.1, -0.05) is 18.2 Å². The number of carbonyl (C=O) groups excluding carboxylic acids is 1. The summed E-state index contributed by atoms with van der Waals surface area (Å²) in [5, 5.41) is 3.15. The third-order valence-electron chi connectivity index (χ3n) is 4.13. The average Bonchev–Trinajstić information content (AvgIpc) is 3.14. The van der Waals surface area contributed by atoms with Crippen LogP contribution in [0.1, 0.15) is 35.3 Å². The quantitative estimate of drug-likeness (QED) is 0.829. The summed E-state index contributed by atoms with van der Waals surface area (Å²) in [4.78, 5) is 22.6. The van der Waals surface area contributed by atoms with Gasteiger partial charge in [0.1, 0.15) is 17.3 Å². The van der Waals surface area contributed by atoms with E-state index in [9.17, 15) is 9.18 Å². The zero-order valence-corrected chi connectivity index (χ0v) is 13.5. The second kappa shape index (κ2) is 7.86. The summed E-state index contributed by atoms with van der Waals surface area (Å²) >= 11 is 0. The fourth-order valence-electron chi connectivity index (χ4n) is 2.83. The van der Waals surface area contributed by atoms with Crippen LogP contribution in [0.25, 0.3) is 0 Å². The number of likely N-dealkylation sites (tertiary alicyclic amines) is 1. The molecular weight excluding hydrogens is 307 g/mol. The second-order valence-electron chi connectivity index (χ2n) is 5.91. The van der Waals surface area contributed by atoms with Crippen LogP contribution in [-0.2, 0) is 6.42 Å². The molecule has 3 rings (SSSR count). The molecule has 0 aliphatic carbocycles. The van der Waals surface area contributed by atoms with Crippen molar-refractivity contribution in [2.75, 3.05) is 25.0 Å². The first-order valence-electron chi connectivity index (χ1n) is 8.32. The minimum absolute atomic E-state index is 0.0602. The molecule has 1 saturated heterocycles. The predicted octanol–water partition coefficient (Wildman–Crippen LogP) is 2.90. The van der Waals surface area contributed by atoms with Crippen LogP contribution < -0.4 is 5.32 Å². The van der Waals surface area contributed by atoms with E-state index in [0.29, 0.717) is 30.0 Å². The summed E-state index contributed by atoms with van der Waals surface area (Å²) in [6, 6.07) is 6.80. The molecule has 0 unspecified atom stereocenters. The van der Waals surface area contributed by atoms with Crippen LogP contribution in [0.15, 0.2) is 36.7 Å². The standard InChI is InChI=1S/C18H21FN4O/c19-15-8-2-1-6-14(15)7-5-9-21-17-13-20-12-16(22-17)18(24)23-10-3-4-11-23/h1-2,6,8,12-13H,3-5,7,9-11H2,(H,21,22). The summed E-state index contributed by atoms with van der Waals surface area (Å²) < 4.78 is 13.5. The normalized spacial score (nSPS) is 14.0. The lowest BCUT2D eigenvalue weighted by atomic mass is 10.1. The molecule has 1 fully saturated rings. The van der Waals surface area contributed by atoms with E-state index in [1.165, 1.54) is 12.3 Å². The third kappa shape index (κ3) is 4.07. The molecule has 5 nitrogen and oxygen atoms in total. The van der Waals surface area contributed by atoms with Crippen molar-refractivity contribution in [1.29, 1.82) is 0 Å². The highest BCUT2D eigenvalue weighted by Crippen LogP contribution is 2.13. The molecule has 6 heteroatoms. The summed E-state index contributed by atoms with van der Waals surface area (Å²) in [6.45, 7) is 2.23. The number of hydrogen-bond acceptors (Lipinski definition) is 4. The van der Waals surface area contributed by atoms with Gasteiger partial charge in [-0.2, -0.15) is 0 Å². The number of anilines is 1. The molecule has 0 bridgehead atoms. The number of carbonyl (C=O) groups is 1. The van der Waals surface area contributed by atoms with Gasteiger partial charge in [-0.15, -0.1) is 0 Å². The van der Waals surface area contributed by atoms with Crippen molar-refractivity contribution in [2.45, 2.75) is 25.7 Å². The van der Waals surface area contributed by atoms with E-state index in [2.05, 4.69) is 15.3 Å². The molecule has 2 aromatic rings. The molecular formula is C18H21FN4O. The van der Waals surface area contributed by atoms with Crippen LogP contribution in [-0.4, -0.2) is 40.4 Å². The zero-order valence-electron chi connectivity index (χ0n) is 13.5. The zero-order chi connectivity index (χ0) is 16.8. The van der Waals surface area contributed by atoms with E-state index in [-0.39, 0.29) is 11.7 Å². The molecule has 1 aromatic heterocycles. The van der Waals surface area contributed by atoms with Crippen molar-refractivity contribution >= 4 is 11.7 Å². The Labute approximate surface area is 140 Å². The van der Waals surface area contributed by atoms with Gasteiger partial charge in [0.05, 0.1) is 12.4 Å². The summed E-state index contributed by atoms with van der Waals surface area (Å²) in [6.07, 6.45) is 6.63. The van der Waals surface area contributed by atoms with Gasteiger partial charge in [0.25, 0.3) is 5.91 Å². The lowest BCUT2D eigenvalue weighted by Gasteiger charge is -2.14. The topological polar surface area (TPSA) is 58.1 Å². The van der Waals surface area contributed by atoms with Gasteiger partial charge >= 0.3 is 0 Å². The maximum Gasteiger partial charge on any atom is 0.274 e. The highest BCUT2D eigenvalue weighted by molar-refractivity contribution is 5.92. The molecule has 1 aliphatic heterocycles. The Kier molecular flexibility index (Phi) is 5.36. The third-order valence-corrected chi connectivity index (χ3v) is 4.13. The molecule has 0 saturated carbocycles. The molecule has 1 aliphatic rings. The largest absolute Gasteiger partial charge is 0.369 e. The molecule has 0 atom stereocenters. The van der Waals surface area contributed by atoms with E-state index in [1.54, 1.807) is 18.3 Å². The first kappa shape index (κ1) is 16.4. The second-order valence-corrected chi connectivity index (χ2v) is 5.91. The lowest BCUT2D eigenvalue weighted by Crippen LogP contribution is -2.28. The molecule has 1 amide bonds. The average molecular weight is 328 g/mol. The first-order chi connectivity index (χ1) is 11.7. The van der Waals surface area contributed by atoms with Crippen LogP contribution in [0.5, 0.6) is 0 Å². The monoisotopic (exact) mass is 328 g/mol. The molecule has 1 N–H and O–H groups in total. The molecule has 0 spiro atoms. The van der Waals surface area contributed by atoms with Crippen LogP contribution in [0.3, 0.4) is 0 Å². The SMILES string of the molecule is O=C(c1cncc(NCCCc2ccccc2F)n1)N1CCCC1. The Balaban J connectivity index is 1.51. The summed E-state index contributed by atoms with van der Waals surface area (Å²) in [7, 11) is 0. The van der Waals surface area contributed by atoms with Gasteiger partial charge < -0.3 is 10.2 Å². The Morgan fingerprint density at radius 2 is 2.00 bits per heavy atom. The fraction of sp³-hybridized carbons (Fsp3) is 0.389. The number of aryl methyl sites for hydroxylation is 1. The minimum atomic E-state index is -0.171. The fourth-order valence-corrected chi connectivity index (χ4v) is 2.83. The highest BCUT2D eigenvalue weighted by atomic mass is 19.1. The molecule has 1 aromatic carbocycles. The smallest absolute Gasteiger partial charge is 0.274 e. The van der Waals surface area contributed by atoms with Crippen molar-refractivity contribution in [3.8, 4) is 0 Å². The minimum Gasteiger partial charge on any atom is -0.369 e. The van der Waals surface area contributed by atoms with Crippen LogP contribution in [0.4, 0.5) is 10.2 Å². The van der Waals surface area contributed by atoms with Crippen molar-refractivity contribution in [3.05, 3.63) is 53.7 Å². The van der Waals surface area contributed by atoms with Gasteiger partial charge in [-0.3, -0.25) is 9.78 Å². The lowest BCUT2D eigenvalue weighted by molar-refractivity contribution is 0.0786. The van der Waals surface area contributed by atoms with Crippen LogP contribution >= 0.6 is 0 Å². The van der Waals surface area contributed by atoms with E-state index >= 15 is 0 Å². The van der Waals surface area contributed by atoms with Gasteiger partial charge in [0.2, 0.25) is 0 Å². The summed E-state index contributed by atoms with van der Waals surface area (Å²) in [5.41, 5.74) is 1.08. The van der Waals surface area contributed by atoms with Crippen molar-refractivity contribution in [1.82, 2.24) is 14.9 Å².